The van der Waals surface area contributed by atoms with Crippen molar-refractivity contribution in [2.75, 3.05) is 32.2 Å². The molecule has 3 heterocycles. The molecule has 0 amide bonds. The number of methoxy groups -OCH3 is 1. The molecule has 0 spiro atoms. The van der Waals surface area contributed by atoms with Crippen molar-refractivity contribution in [1.82, 2.24) is 10.3 Å². The van der Waals surface area contributed by atoms with Crippen molar-refractivity contribution in [2.24, 2.45) is 4.99 Å². The normalized spacial score (nSPS) is 13.4. The van der Waals surface area contributed by atoms with E-state index in [0.717, 1.165) is 41.4 Å². The quantitative estimate of drug-likeness (QED) is 0.444. The average molecular weight is 422 g/mol. The Balaban J connectivity index is 1.46. The van der Waals surface area contributed by atoms with Crippen LogP contribution in [0.25, 0.3) is 0 Å². The van der Waals surface area contributed by atoms with E-state index in [4.69, 9.17) is 23.6 Å². The highest BCUT2D eigenvalue weighted by Gasteiger charge is 2.11. The van der Waals surface area contributed by atoms with Gasteiger partial charge in [-0.05, 0) is 29.8 Å². The molecule has 2 aromatic heterocycles. The van der Waals surface area contributed by atoms with E-state index in [0.29, 0.717) is 38.1 Å². The first-order valence-corrected chi connectivity index (χ1v) is 10.3. The van der Waals surface area contributed by atoms with Crippen LogP contribution >= 0.6 is 0 Å². The molecule has 0 unspecified atom stereocenters. The van der Waals surface area contributed by atoms with Gasteiger partial charge in [0.15, 0.2) is 17.5 Å². The number of aromatic nitrogens is 1. The summed E-state index contributed by atoms with van der Waals surface area (Å²) in [7, 11) is 1.60. The van der Waals surface area contributed by atoms with Crippen molar-refractivity contribution in [3.8, 4) is 17.4 Å². The fourth-order valence-electron chi connectivity index (χ4n) is 3.07. The third-order valence-electron chi connectivity index (χ3n) is 4.68. The number of hydrogen-bond donors (Lipinski definition) is 2. The van der Waals surface area contributed by atoms with Crippen LogP contribution < -0.4 is 24.8 Å². The zero-order valence-corrected chi connectivity index (χ0v) is 17.5. The number of anilines is 1. The first kappa shape index (κ1) is 20.6. The van der Waals surface area contributed by atoms with Crippen molar-refractivity contribution in [2.45, 2.75) is 19.4 Å². The molecule has 31 heavy (non-hydrogen) atoms. The fourth-order valence-corrected chi connectivity index (χ4v) is 3.07. The van der Waals surface area contributed by atoms with Gasteiger partial charge in [-0.3, -0.25) is 0 Å². The van der Waals surface area contributed by atoms with Gasteiger partial charge in [-0.1, -0.05) is 6.07 Å². The van der Waals surface area contributed by atoms with E-state index in [2.05, 4.69) is 15.6 Å². The number of aliphatic imine (C=N–C) groups is 1. The van der Waals surface area contributed by atoms with Gasteiger partial charge in [-0.25, -0.2) is 9.98 Å². The largest absolute Gasteiger partial charge is 0.490 e. The molecular formula is C23H26N4O4. The maximum absolute atomic E-state index is 5.79. The second-order valence-electron chi connectivity index (χ2n) is 6.97. The molecular weight excluding hydrogens is 396 g/mol. The Bertz CT molecular complexity index is 987. The Kier molecular flexibility index (Phi) is 6.89. The summed E-state index contributed by atoms with van der Waals surface area (Å²) in [5, 5.41) is 6.70. The summed E-state index contributed by atoms with van der Waals surface area (Å²) in [5.41, 5.74) is 1.84. The zero-order valence-electron chi connectivity index (χ0n) is 17.5. The number of pyridine rings is 1. The first-order chi connectivity index (χ1) is 15.3. The Hall–Kier alpha value is -3.68. The molecule has 2 N–H and O–H groups in total. The van der Waals surface area contributed by atoms with Crippen molar-refractivity contribution in [1.29, 1.82) is 0 Å². The van der Waals surface area contributed by atoms with Gasteiger partial charge in [0.05, 0.1) is 33.1 Å². The molecule has 1 aliphatic heterocycles. The highest BCUT2D eigenvalue weighted by atomic mass is 16.5. The van der Waals surface area contributed by atoms with Gasteiger partial charge in [-0.2, -0.15) is 0 Å². The monoisotopic (exact) mass is 422 g/mol. The Morgan fingerprint density at radius 3 is 2.81 bits per heavy atom. The van der Waals surface area contributed by atoms with Crippen molar-refractivity contribution < 1.29 is 18.6 Å². The van der Waals surface area contributed by atoms with E-state index in [1.165, 1.54) is 0 Å². The predicted molar refractivity (Wildman–Crippen MR) is 118 cm³/mol. The van der Waals surface area contributed by atoms with Crippen molar-refractivity contribution in [3.05, 3.63) is 66.2 Å². The second kappa shape index (κ2) is 10.4. The van der Waals surface area contributed by atoms with Gasteiger partial charge in [0.2, 0.25) is 5.88 Å². The minimum atomic E-state index is 0.470. The van der Waals surface area contributed by atoms with Crippen LogP contribution in [0.3, 0.4) is 0 Å². The number of nitrogens with zero attached hydrogens (tertiary/aromatic N) is 2. The molecule has 0 bridgehead atoms. The number of nitrogens with one attached hydrogen (secondary N) is 2. The number of hydrogen-bond acceptors (Lipinski definition) is 6. The average Bonchev–Trinajstić information content (AvgIpc) is 3.21. The maximum Gasteiger partial charge on any atom is 0.212 e. The molecule has 1 aromatic carbocycles. The predicted octanol–water partition coefficient (Wildman–Crippen LogP) is 3.64. The number of fused-ring (bicyclic) bond motifs is 1. The Morgan fingerprint density at radius 1 is 1.13 bits per heavy atom. The van der Waals surface area contributed by atoms with Crippen LogP contribution in [0.4, 0.5) is 5.69 Å². The van der Waals surface area contributed by atoms with E-state index >= 15 is 0 Å². The van der Waals surface area contributed by atoms with Gasteiger partial charge in [0.25, 0.3) is 0 Å². The fraction of sp³-hybridized carbons (Fsp3) is 0.304. The second-order valence-corrected chi connectivity index (χ2v) is 6.97. The molecule has 4 rings (SSSR count). The molecule has 0 radical (unpaired) electrons. The lowest BCUT2D eigenvalue weighted by Gasteiger charge is -2.14. The molecule has 0 saturated carbocycles. The molecule has 0 atom stereocenters. The van der Waals surface area contributed by atoms with Crippen LogP contribution in [-0.2, 0) is 13.0 Å². The highest BCUT2D eigenvalue weighted by molar-refractivity contribution is 5.94. The zero-order chi connectivity index (χ0) is 21.3. The third-order valence-corrected chi connectivity index (χ3v) is 4.68. The van der Waals surface area contributed by atoms with Crippen molar-refractivity contribution >= 4 is 11.6 Å². The third kappa shape index (κ3) is 5.91. The van der Waals surface area contributed by atoms with E-state index < -0.39 is 0 Å². The summed E-state index contributed by atoms with van der Waals surface area (Å²) in [5.74, 6) is 3.64. The highest BCUT2D eigenvalue weighted by Crippen LogP contribution is 2.32. The van der Waals surface area contributed by atoms with Crippen LogP contribution in [0.5, 0.6) is 17.4 Å². The number of guanidine groups is 1. The van der Waals surface area contributed by atoms with Crippen molar-refractivity contribution in [3.63, 3.8) is 0 Å². The summed E-state index contributed by atoms with van der Waals surface area (Å²) in [6.45, 7) is 2.45. The molecule has 8 heteroatoms. The molecule has 1 aliphatic rings. The first-order valence-electron chi connectivity index (χ1n) is 10.3. The molecule has 3 aromatic rings. The van der Waals surface area contributed by atoms with Crippen LogP contribution in [-0.4, -0.2) is 37.8 Å². The summed E-state index contributed by atoms with van der Waals surface area (Å²) in [6, 6.07) is 13.4. The van der Waals surface area contributed by atoms with Gasteiger partial charge >= 0.3 is 0 Å². The van der Waals surface area contributed by atoms with Gasteiger partial charge in [-0.15, -0.1) is 0 Å². The lowest BCUT2D eigenvalue weighted by Crippen LogP contribution is -2.32. The van der Waals surface area contributed by atoms with E-state index in [-0.39, 0.29) is 0 Å². The lowest BCUT2D eigenvalue weighted by molar-refractivity contribution is 0.297. The van der Waals surface area contributed by atoms with Gasteiger partial charge < -0.3 is 29.3 Å². The lowest BCUT2D eigenvalue weighted by atomic mass is 10.2. The maximum atomic E-state index is 5.79. The Labute approximate surface area is 181 Å². The van der Waals surface area contributed by atoms with Crippen LogP contribution in [0.15, 0.2) is 64.3 Å². The van der Waals surface area contributed by atoms with Crippen LogP contribution in [0.1, 0.15) is 17.7 Å². The van der Waals surface area contributed by atoms with Crippen LogP contribution in [0, 0.1) is 0 Å². The molecule has 0 saturated heterocycles. The number of benzene rings is 1. The molecule has 0 aliphatic carbocycles. The number of rotatable bonds is 7. The smallest absolute Gasteiger partial charge is 0.212 e. The summed E-state index contributed by atoms with van der Waals surface area (Å²) < 4.78 is 22.0. The number of furan rings is 1. The Morgan fingerprint density at radius 2 is 2.03 bits per heavy atom. The van der Waals surface area contributed by atoms with Gasteiger partial charge in [0.1, 0.15) is 5.76 Å². The van der Waals surface area contributed by atoms with Gasteiger partial charge in [0, 0.05) is 43.4 Å². The molecule has 8 nitrogen and oxygen atoms in total. The minimum Gasteiger partial charge on any atom is -0.490 e. The number of ether oxygens (including phenoxy) is 3. The summed E-state index contributed by atoms with van der Waals surface area (Å²) >= 11 is 0. The van der Waals surface area contributed by atoms with E-state index in [1.54, 1.807) is 19.6 Å². The van der Waals surface area contributed by atoms with E-state index in [1.807, 2.05) is 42.5 Å². The minimum absolute atomic E-state index is 0.470. The summed E-state index contributed by atoms with van der Waals surface area (Å²) in [4.78, 5) is 8.94. The topological polar surface area (TPSA) is 90.1 Å². The summed E-state index contributed by atoms with van der Waals surface area (Å²) in [6.07, 6.45) is 5.06. The molecule has 0 fully saturated rings. The van der Waals surface area contributed by atoms with E-state index in [9.17, 15) is 0 Å². The standard InChI is InChI=1S/C23H26N4O4/c1-28-22-8-5-17(15-25-22)16-26-23(24-10-9-19-4-2-11-29-19)27-18-6-7-20-21(14-18)31-13-3-12-30-20/h2,4-8,11,14-15H,3,9-10,12-13,16H2,1H3,(H2,24,26,27). The SMILES string of the molecule is COc1ccc(CN=C(NCCc2ccco2)Nc2ccc3c(c2)OCCCO3)cn1. The molecule has 162 valence electrons. The van der Waals surface area contributed by atoms with Crippen LogP contribution in [0.2, 0.25) is 0 Å².